The molecule has 1 aliphatic heterocycles. The van der Waals surface area contributed by atoms with Gasteiger partial charge in [0.05, 0.1) is 16.3 Å². The molecule has 0 radical (unpaired) electrons. The van der Waals surface area contributed by atoms with Crippen molar-refractivity contribution in [2.75, 3.05) is 25.0 Å². The third-order valence-electron chi connectivity index (χ3n) is 4.14. The molecule has 2 N–H and O–H groups in total. The molecule has 0 aromatic heterocycles. The molecule has 1 heterocycles. The van der Waals surface area contributed by atoms with Gasteiger partial charge in [-0.1, -0.05) is 23.7 Å². The number of aliphatic hydroxyl groups is 1. The molecule has 0 spiro atoms. The van der Waals surface area contributed by atoms with Crippen molar-refractivity contribution in [1.29, 1.82) is 0 Å². The Kier molecular flexibility index (Phi) is 3.71. The molecule has 1 saturated carbocycles. The predicted octanol–water partition coefficient (Wildman–Crippen LogP) is 2.13. The Morgan fingerprint density at radius 1 is 1.40 bits per heavy atom. The summed E-state index contributed by atoms with van der Waals surface area (Å²) in [5.74, 6) is 0.454. The van der Waals surface area contributed by atoms with Crippen LogP contribution in [0.25, 0.3) is 0 Å². The molecule has 5 heteroatoms. The summed E-state index contributed by atoms with van der Waals surface area (Å²) in [6.45, 7) is 2.10. The molecule has 0 unspecified atom stereocenters. The second-order valence-corrected chi connectivity index (χ2v) is 6.27. The van der Waals surface area contributed by atoms with Crippen LogP contribution >= 0.6 is 11.6 Å². The van der Waals surface area contributed by atoms with Crippen LogP contribution in [0, 0.1) is 5.92 Å². The summed E-state index contributed by atoms with van der Waals surface area (Å²) in [6, 6.07) is 7.21. The summed E-state index contributed by atoms with van der Waals surface area (Å²) in [5, 5.41) is 13.6. The fourth-order valence-corrected chi connectivity index (χ4v) is 2.98. The number of carbonyl (C=O) groups is 1. The van der Waals surface area contributed by atoms with Crippen LogP contribution < -0.4 is 5.32 Å². The van der Waals surface area contributed by atoms with Crippen LogP contribution in [0.2, 0.25) is 5.02 Å². The highest BCUT2D eigenvalue weighted by atomic mass is 35.5. The van der Waals surface area contributed by atoms with Crippen LogP contribution in [0.4, 0.5) is 5.69 Å². The fourth-order valence-electron chi connectivity index (χ4n) is 2.80. The molecule has 0 atom stereocenters. The summed E-state index contributed by atoms with van der Waals surface area (Å²) in [5.41, 5.74) is 0.177. The van der Waals surface area contributed by atoms with Crippen LogP contribution in [0.15, 0.2) is 24.3 Å². The van der Waals surface area contributed by atoms with Gasteiger partial charge in [-0.2, -0.15) is 0 Å². The average molecular weight is 295 g/mol. The first-order valence-corrected chi connectivity index (χ1v) is 7.44. The second-order valence-electron chi connectivity index (χ2n) is 5.87. The van der Waals surface area contributed by atoms with E-state index >= 15 is 0 Å². The van der Waals surface area contributed by atoms with Crippen molar-refractivity contribution < 1.29 is 9.90 Å². The van der Waals surface area contributed by atoms with Crippen LogP contribution in [0.1, 0.15) is 19.3 Å². The largest absolute Gasteiger partial charge is 0.387 e. The first kappa shape index (κ1) is 13.9. The maximum absolute atomic E-state index is 11.9. The van der Waals surface area contributed by atoms with Crippen molar-refractivity contribution in [3.8, 4) is 0 Å². The SMILES string of the molecule is O=C(CCN1CC(O)(C2CC2)C1)Nc1ccccc1Cl. The molecule has 20 heavy (non-hydrogen) atoms. The Balaban J connectivity index is 1.41. The van der Waals surface area contributed by atoms with Gasteiger partial charge in [-0.3, -0.25) is 9.69 Å². The summed E-state index contributed by atoms with van der Waals surface area (Å²) >= 11 is 5.99. The van der Waals surface area contributed by atoms with E-state index in [0.29, 0.717) is 42.7 Å². The Hall–Kier alpha value is -1.10. The molecule has 1 aromatic rings. The molecule has 2 aliphatic rings. The number of nitrogens with one attached hydrogen (secondary N) is 1. The van der Waals surface area contributed by atoms with Crippen molar-refractivity contribution in [1.82, 2.24) is 4.90 Å². The highest BCUT2D eigenvalue weighted by molar-refractivity contribution is 6.33. The molecule has 0 bridgehead atoms. The number of halogens is 1. The zero-order valence-electron chi connectivity index (χ0n) is 11.3. The van der Waals surface area contributed by atoms with Crippen molar-refractivity contribution in [2.45, 2.75) is 24.9 Å². The van der Waals surface area contributed by atoms with E-state index in [1.807, 2.05) is 12.1 Å². The maximum atomic E-state index is 11.9. The Bertz CT molecular complexity index is 510. The minimum absolute atomic E-state index is 0.0417. The number of rotatable bonds is 5. The lowest BCUT2D eigenvalue weighted by Crippen LogP contribution is -2.63. The van der Waals surface area contributed by atoms with E-state index in [2.05, 4.69) is 10.2 Å². The molecule has 3 rings (SSSR count). The third-order valence-corrected chi connectivity index (χ3v) is 4.46. The van der Waals surface area contributed by atoms with Gasteiger partial charge in [-0.05, 0) is 30.9 Å². The van der Waals surface area contributed by atoms with Crippen LogP contribution in [-0.4, -0.2) is 41.1 Å². The van der Waals surface area contributed by atoms with E-state index in [0.717, 1.165) is 12.8 Å². The van der Waals surface area contributed by atoms with Crippen molar-refractivity contribution >= 4 is 23.2 Å². The van der Waals surface area contributed by atoms with E-state index in [9.17, 15) is 9.90 Å². The highest BCUT2D eigenvalue weighted by Gasteiger charge is 2.51. The summed E-state index contributed by atoms with van der Waals surface area (Å²) < 4.78 is 0. The summed E-state index contributed by atoms with van der Waals surface area (Å²) in [6.07, 6.45) is 2.72. The zero-order valence-corrected chi connectivity index (χ0v) is 12.1. The van der Waals surface area contributed by atoms with Crippen LogP contribution in [-0.2, 0) is 4.79 Å². The predicted molar refractivity (Wildman–Crippen MR) is 78.8 cm³/mol. The number of para-hydroxylation sites is 1. The smallest absolute Gasteiger partial charge is 0.225 e. The summed E-state index contributed by atoms with van der Waals surface area (Å²) in [7, 11) is 0. The number of carbonyl (C=O) groups excluding carboxylic acids is 1. The van der Waals surface area contributed by atoms with Gasteiger partial charge in [0.25, 0.3) is 0 Å². The normalized spacial score (nSPS) is 21.3. The number of hydrogen-bond donors (Lipinski definition) is 2. The number of anilines is 1. The first-order chi connectivity index (χ1) is 9.57. The highest BCUT2D eigenvalue weighted by Crippen LogP contribution is 2.44. The molecular formula is C15H19ClN2O2. The Morgan fingerprint density at radius 2 is 2.10 bits per heavy atom. The molecular weight excluding hydrogens is 276 g/mol. The quantitative estimate of drug-likeness (QED) is 0.875. The minimum atomic E-state index is -0.473. The number of nitrogens with zero attached hydrogens (tertiary/aromatic N) is 1. The third kappa shape index (κ3) is 2.97. The van der Waals surface area contributed by atoms with Crippen LogP contribution in [0.3, 0.4) is 0 Å². The van der Waals surface area contributed by atoms with E-state index in [4.69, 9.17) is 11.6 Å². The number of hydrogen-bond acceptors (Lipinski definition) is 3. The van der Waals surface area contributed by atoms with Crippen molar-refractivity contribution in [3.05, 3.63) is 29.3 Å². The zero-order chi connectivity index (χ0) is 14.2. The van der Waals surface area contributed by atoms with Crippen molar-refractivity contribution in [2.24, 2.45) is 5.92 Å². The monoisotopic (exact) mass is 294 g/mol. The van der Waals surface area contributed by atoms with Gasteiger partial charge in [0.1, 0.15) is 0 Å². The van der Waals surface area contributed by atoms with Gasteiger partial charge in [0.15, 0.2) is 0 Å². The Labute approximate surface area is 123 Å². The summed E-state index contributed by atoms with van der Waals surface area (Å²) in [4.78, 5) is 14.0. The van der Waals surface area contributed by atoms with E-state index in [1.54, 1.807) is 12.1 Å². The van der Waals surface area contributed by atoms with Gasteiger partial charge in [-0.25, -0.2) is 0 Å². The number of benzene rings is 1. The number of amides is 1. The molecule has 108 valence electrons. The topological polar surface area (TPSA) is 52.6 Å². The van der Waals surface area contributed by atoms with Crippen molar-refractivity contribution in [3.63, 3.8) is 0 Å². The van der Waals surface area contributed by atoms with Gasteiger partial charge < -0.3 is 10.4 Å². The molecule has 1 aromatic carbocycles. The fraction of sp³-hybridized carbons (Fsp3) is 0.533. The lowest BCUT2D eigenvalue weighted by atomic mass is 9.88. The maximum Gasteiger partial charge on any atom is 0.225 e. The average Bonchev–Trinajstić information content (AvgIpc) is 3.20. The standard InChI is InChI=1S/C15H19ClN2O2/c16-12-3-1-2-4-13(12)17-14(19)7-8-18-9-15(20,10-18)11-5-6-11/h1-4,11,20H,5-10H2,(H,17,19). The van der Waals surface area contributed by atoms with Gasteiger partial charge in [0.2, 0.25) is 5.91 Å². The van der Waals surface area contributed by atoms with Gasteiger partial charge >= 0.3 is 0 Å². The Morgan fingerprint density at radius 3 is 2.75 bits per heavy atom. The number of likely N-dealkylation sites (tertiary alicyclic amines) is 1. The molecule has 4 nitrogen and oxygen atoms in total. The first-order valence-electron chi connectivity index (χ1n) is 7.06. The minimum Gasteiger partial charge on any atom is -0.387 e. The molecule has 1 amide bonds. The second kappa shape index (κ2) is 5.35. The van der Waals surface area contributed by atoms with E-state index < -0.39 is 5.60 Å². The number of β-amino-alcohol motifs (C(OH)–C–C–N with tert-alkyl or cyclic N) is 1. The lowest BCUT2D eigenvalue weighted by molar-refractivity contribution is -0.124. The molecule has 1 aliphatic carbocycles. The van der Waals surface area contributed by atoms with E-state index in [-0.39, 0.29) is 5.91 Å². The van der Waals surface area contributed by atoms with Crippen LogP contribution in [0.5, 0.6) is 0 Å². The lowest BCUT2D eigenvalue weighted by Gasteiger charge is -2.47. The van der Waals surface area contributed by atoms with Gasteiger partial charge in [-0.15, -0.1) is 0 Å². The molecule has 2 fully saturated rings. The van der Waals surface area contributed by atoms with Gasteiger partial charge in [0, 0.05) is 26.1 Å². The molecule has 1 saturated heterocycles. The van der Waals surface area contributed by atoms with E-state index in [1.165, 1.54) is 0 Å².